The monoisotopic (exact) mass is 175 g/mol. The van der Waals surface area contributed by atoms with E-state index in [1.165, 1.54) is 32.1 Å². The first-order valence-electron chi connectivity index (χ1n) is 5.65. The van der Waals surface area contributed by atoms with E-state index in [0.717, 1.165) is 17.8 Å². The van der Waals surface area contributed by atoms with E-state index in [-0.39, 0.29) is 5.41 Å². The molecule has 0 N–H and O–H groups in total. The third-order valence-electron chi connectivity index (χ3n) is 5.05. The molecule has 0 aromatic carbocycles. The fourth-order valence-electron chi connectivity index (χ4n) is 4.49. The zero-order chi connectivity index (χ0) is 9.05. The second kappa shape index (κ2) is 2.29. The molecule has 0 radical (unpaired) electrons. The van der Waals surface area contributed by atoms with Gasteiger partial charge in [-0.05, 0) is 55.8 Å². The van der Waals surface area contributed by atoms with Gasteiger partial charge in [-0.1, -0.05) is 6.92 Å². The van der Waals surface area contributed by atoms with E-state index in [9.17, 15) is 5.26 Å². The van der Waals surface area contributed by atoms with Gasteiger partial charge in [0, 0.05) is 0 Å². The van der Waals surface area contributed by atoms with Gasteiger partial charge in [0.15, 0.2) is 0 Å². The molecule has 3 unspecified atom stereocenters. The van der Waals surface area contributed by atoms with Gasteiger partial charge in [-0.2, -0.15) is 5.26 Å². The lowest BCUT2D eigenvalue weighted by molar-refractivity contribution is -0.0687. The van der Waals surface area contributed by atoms with Crippen LogP contribution in [-0.4, -0.2) is 0 Å². The molecule has 4 aliphatic rings. The Kier molecular flexibility index (Phi) is 1.38. The fourth-order valence-corrected chi connectivity index (χ4v) is 4.49. The summed E-state index contributed by atoms with van der Waals surface area (Å²) in [6.45, 7) is 2.33. The minimum Gasteiger partial charge on any atom is -0.198 e. The van der Waals surface area contributed by atoms with E-state index >= 15 is 0 Å². The standard InChI is InChI=1S/C12H17N/c1-8-11-3-9-2-10(4-11)6-12(8,5-9)7-13/h8-11H,2-6H2,1H3. The van der Waals surface area contributed by atoms with Gasteiger partial charge < -0.3 is 0 Å². The number of nitrogens with zero attached hydrogens (tertiary/aromatic N) is 1. The number of hydrogen-bond acceptors (Lipinski definition) is 1. The van der Waals surface area contributed by atoms with Gasteiger partial charge in [0.1, 0.15) is 0 Å². The molecule has 0 spiro atoms. The van der Waals surface area contributed by atoms with Crippen LogP contribution in [0.15, 0.2) is 0 Å². The van der Waals surface area contributed by atoms with Crippen LogP contribution in [-0.2, 0) is 0 Å². The first-order chi connectivity index (χ1) is 6.23. The second-order valence-corrected chi connectivity index (χ2v) is 5.66. The predicted octanol–water partition coefficient (Wildman–Crippen LogP) is 2.97. The van der Waals surface area contributed by atoms with Crippen LogP contribution in [0, 0.1) is 40.4 Å². The molecule has 13 heavy (non-hydrogen) atoms. The van der Waals surface area contributed by atoms with E-state index in [1.54, 1.807) is 0 Å². The van der Waals surface area contributed by atoms with Crippen LogP contribution in [0.4, 0.5) is 0 Å². The van der Waals surface area contributed by atoms with Crippen molar-refractivity contribution in [3.63, 3.8) is 0 Å². The van der Waals surface area contributed by atoms with E-state index in [2.05, 4.69) is 13.0 Å². The smallest absolute Gasteiger partial charge is 0.0692 e. The van der Waals surface area contributed by atoms with Crippen LogP contribution in [0.5, 0.6) is 0 Å². The van der Waals surface area contributed by atoms with Crippen LogP contribution >= 0.6 is 0 Å². The van der Waals surface area contributed by atoms with Crippen LogP contribution in [0.2, 0.25) is 0 Å². The molecule has 4 fully saturated rings. The SMILES string of the molecule is CC1C2CC3CC(C2)CC1(C#N)C3. The molecule has 70 valence electrons. The first-order valence-corrected chi connectivity index (χ1v) is 5.65. The normalized spacial score (nSPS) is 57.8. The number of nitriles is 1. The van der Waals surface area contributed by atoms with Crippen molar-refractivity contribution in [2.45, 2.75) is 39.0 Å². The average Bonchev–Trinajstić information content (AvgIpc) is 2.12. The number of hydrogen-bond donors (Lipinski definition) is 0. The van der Waals surface area contributed by atoms with Crippen LogP contribution in [0.3, 0.4) is 0 Å². The summed E-state index contributed by atoms with van der Waals surface area (Å²) in [6, 6.07) is 2.66. The molecule has 0 aliphatic heterocycles. The van der Waals surface area contributed by atoms with Crippen molar-refractivity contribution in [1.29, 1.82) is 5.26 Å². The molecule has 4 aliphatic carbocycles. The molecule has 4 saturated carbocycles. The maximum Gasteiger partial charge on any atom is 0.0692 e. The summed E-state index contributed by atoms with van der Waals surface area (Å²) in [5, 5.41) is 9.35. The van der Waals surface area contributed by atoms with Crippen molar-refractivity contribution in [1.82, 2.24) is 0 Å². The predicted molar refractivity (Wildman–Crippen MR) is 50.8 cm³/mol. The van der Waals surface area contributed by atoms with Gasteiger partial charge in [0.25, 0.3) is 0 Å². The summed E-state index contributed by atoms with van der Waals surface area (Å²) in [5.41, 5.74) is 0.106. The van der Waals surface area contributed by atoms with Crippen LogP contribution < -0.4 is 0 Å². The Morgan fingerprint density at radius 3 is 2.31 bits per heavy atom. The molecule has 4 bridgehead atoms. The Morgan fingerprint density at radius 2 is 1.77 bits per heavy atom. The van der Waals surface area contributed by atoms with Gasteiger partial charge in [-0.15, -0.1) is 0 Å². The molecule has 4 rings (SSSR count). The Morgan fingerprint density at radius 1 is 1.15 bits per heavy atom. The summed E-state index contributed by atoms with van der Waals surface area (Å²) in [6.07, 6.45) is 6.74. The molecule has 0 aromatic heterocycles. The van der Waals surface area contributed by atoms with Gasteiger partial charge in [-0.25, -0.2) is 0 Å². The van der Waals surface area contributed by atoms with E-state index < -0.39 is 0 Å². The first kappa shape index (κ1) is 7.85. The second-order valence-electron chi connectivity index (χ2n) is 5.66. The highest BCUT2D eigenvalue weighted by molar-refractivity contribution is 5.13. The van der Waals surface area contributed by atoms with Gasteiger partial charge >= 0.3 is 0 Å². The van der Waals surface area contributed by atoms with Crippen LogP contribution in [0.1, 0.15) is 39.0 Å². The summed E-state index contributed by atoms with van der Waals surface area (Å²) < 4.78 is 0. The summed E-state index contributed by atoms with van der Waals surface area (Å²) in [4.78, 5) is 0. The molecule has 1 nitrogen and oxygen atoms in total. The fraction of sp³-hybridized carbons (Fsp3) is 0.917. The maximum atomic E-state index is 9.35. The van der Waals surface area contributed by atoms with Gasteiger partial charge in [0.2, 0.25) is 0 Å². The zero-order valence-corrected chi connectivity index (χ0v) is 8.29. The Labute approximate surface area is 80.1 Å². The van der Waals surface area contributed by atoms with Gasteiger partial charge in [0.05, 0.1) is 11.5 Å². The Balaban J connectivity index is 2.01. The van der Waals surface area contributed by atoms with Crippen molar-refractivity contribution in [2.75, 3.05) is 0 Å². The van der Waals surface area contributed by atoms with Gasteiger partial charge in [-0.3, -0.25) is 0 Å². The highest BCUT2D eigenvalue weighted by Crippen LogP contribution is 2.62. The third-order valence-corrected chi connectivity index (χ3v) is 5.05. The van der Waals surface area contributed by atoms with Crippen molar-refractivity contribution in [3.05, 3.63) is 0 Å². The average molecular weight is 175 g/mol. The number of rotatable bonds is 0. The van der Waals surface area contributed by atoms with Crippen molar-refractivity contribution in [3.8, 4) is 6.07 Å². The third kappa shape index (κ3) is 0.870. The zero-order valence-electron chi connectivity index (χ0n) is 8.29. The van der Waals surface area contributed by atoms with E-state index in [4.69, 9.17) is 0 Å². The lowest BCUT2D eigenvalue weighted by atomic mass is 9.46. The highest BCUT2D eigenvalue weighted by Gasteiger charge is 2.55. The summed E-state index contributed by atoms with van der Waals surface area (Å²) in [5.74, 6) is 3.40. The maximum absolute atomic E-state index is 9.35. The molecule has 0 amide bonds. The largest absolute Gasteiger partial charge is 0.198 e. The lowest BCUT2D eigenvalue weighted by Crippen LogP contribution is -2.50. The minimum atomic E-state index is 0.106. The Hall–Kier alpha value is -0.510. The molecular formula is C12H17N. The molecule has 0 heterocycles. The van der Waals surface area contributed by atoms with E-state index in [1.807, 2.05) is 0 Å². The molecule has 1 heteroatoms. The molecular weight excluding hydrogens is 158 g/mol. The quantitative estimate of drug-likeness (QED) is 0.555. The molecule has 0 saturated heterocycles. The van der Waals surface area contributed by atoms with Crippen LogP contribution in [0.25, 0.3) is 0 Å². The lowest BCUT2D eigenvalue weighted by Gasteiger charge is -2.57. The molecule has 3 atom stereocenters. The molecule has 0 aromatic rings. The summed E-state index contributed by atoms with van der Waals surface area (Å²) >= 11 is 0. The topological polar surface area (TPSA) is 23.8 Å². The van der Waals surface area contributed by atoms with Crippen molar-refractivity contribution in [2.24, 2.45) is 29.1 Å². The highest BCUT2D eigenvalue weighted by atomic mass is 14.6. The van der Waals surface area contributed by atoms with Crippen molar-refractivity contribution < 1.29 is 0 Å². The minimum absolute atomic E-state index is 0.106. The van der Waals surface area contributed by atoms with Crippen molar-refractivity contribution >= 4 is 0 Å². The van der Waals surface area contributed by atoms with E-state index in [0.29, 0.717) is 5.92 Å². The summed E-state index contributed by atoms with van der Waals surface area (Å²) in [7, 11) is 0. The Bertz CT molecular complexity index is 261.